The molecule has 0 amide bonds. The second kappa shape index (κ2) is 5.90. The second-order valence-corrected chi connectivity index (χ2v) is 5.95. The first-order valence-corrected chi connectivity index (χ1v) is 7.68. The van der Waals surface area contributed by atoms with Gasteiger partial charge in [0.15, 0.2) is 0 Å². The highest BCUT2D eigenvalue weighted by atomic mass is 16.4. The Hall–Kier alpha value is -1.81. The Balaban J connectivity index is 1.75. The number of carboxylic acids is 1. The molecule has 1 atom stereocenters. The average Bonchev–Trinajstić information content (AvgIpc) is 3.04. The monoisotopic (exact) mass is 286 g/mol. The van der Waals surface area contributed by atoms with E-state index in [2.05, 4.69) is 46.9 Å². The number of hydrogen-bond acceptors (Lipinski definition) is 2. The first-order valence-electron chi connectivity index (χ1n) is 7.68. The van der Waals surface area contributed by atoms with E-state index < -0.39 is 5.97 Å². The van der Waals surface area contributed by atoms with Gasteiger partial charge >= 0.3 is 5.97 Å². The maximum atomic E-state index is 10.8. The highest BCUT2D eigenvalue weighted by molar-refractivity contribution is 5.83. The minimum Gasteiger partial charge on any atom is -0.481 e. The summed E-state index contributed by atoms with van der Waals surface area (Å²) in [5, 5.41) is 10.2. The molecule has 112 valence electrons. The summed E-state index contributed by atoms with van der Waals surface area (Å²) in [6.07, 6.45) is 3.54. The van der Waals surface area contributed by atoms with Crippen LogP contribution in [0, 0.1) is 5.92 Å². The van der Waals surface area contributed by atoms with Crippen molar-refractivity contribution in [2.45, 2.75) is 32.9 Å². The number of rotatable bonds is 5. The number of para-hydroxylation sites is 1. The van der Waals surface area contributed by atoms with Gasteiger partial charge in [-0.05, 0) is 37.4 Å². The van der Waals surface area contributed by atoms with E-state index in [1.54, 1.807) is 0 Å². The lowest BCUT2D eigenvalue weighted by Crippen LogP contribution is -2.20. The molecule has 1 aromatic heterocycles. The smallest absolute Gasteiger partial charge is 0.303 e. The fraction of sp³-hybridized carbons (Fsp3) is 0.471. The van der Waals surface area contributed by atoms with E-state index in [1.165, 1.54) is 16.5 Å². The van der Waals surface area contributed by atoms with Crippen LogP contribution in [0.1, 0.15) is 25.3 Å². The standard InChI is InChI=1S/C17H22N2O2/c1-2-19-12-14(15-5-3-4-6-16(15)19)11-18-8-7-13(10-18)9-17(20)21/h3-6,12-13H,2,7-11H2,1H3,(H,20,21). The van der Waals surface area contributed by atoms with E-state index in [4.69, 9.17) is 5.11 Å². The Morgan fingerprint density at radius 2 is 2.19 bits per heavy atom. The van der Waals surface area contributed by atoms with Crippen LogP contribution in [0.3, 0.4) is 0 Å². The molecule has 1 saturated heterocycles. The van der Waals surface area contributed by atoms with Crippen LogP contribution in [0.2, 0.25) is 0 Å². The Kier molecular flexibility index (Phi) is 3.97. The van der Waals surface area contributed by atoms with Gasteiger partial charge in [0.1, 0.15) is 0 Å². The molecule has 0 saturated carbocycles. The number of aromatic nitrogens is 1. The van der Waals surface area contributed by atoms with Gasteiger partial charge in [-0.25, -0.2) is 0 Å². The van der Waals surface area contributed by atoms with Crippen LogP contribution < -0.4 is 0 Å². The van der Waals surface area contributed by atoms with E-state index >= 15 is 0 Å². The van der Waals surface area contributed by atoms with E-state index in [9.17, 15) is 4.79 Å². The lowest BCUT2D eigenvalue weighted by molar-refractivity contribution is -0.138. The maximum absolute atomic E-state index is 10.8. The Morgan fingerprint density at radius 3 is 2.95 bits per heavy atom. The van der Waals surface area contributed by atoms with Crippen molar-refractivity contribution in [1.82, 2.24) is 9.47 Å². The molecule has 1 aliphatic rings. The molecule has 1 unspecified atom stereocenters. The number of likely N-dealkylation sites (tertiary alicyclic amines) is 1. The summed E-state index contributed by atoms with van der Waals surface area (Å²) in [7, 11) is 0. The van der Waals surface area contributed by atoms with Crippen LogP contribution in [0.4, 0.5) is 0 Å². The third kappa shape index (κ3) is 2.95. The molecule has 1 aliphatic heterocycles. The molecule has 4 nitrogen and oxygen atoms in total. The molecule has 1 fully saturated rings. The van der Waals surface area contributed by atoms with Crippen molar-refractivity contribution >= 4 is 16.9 Å². The van der Waals surface area contributed by atoms with Crippen LogP contribution >= 0.6 is 0 Å². The molecule has 0 bridgehead atoms. The van der Waals surface area contributed by atoms with E-state index in [1.807, 2.05) is 0 Å². The lowest BCUT2D eigenvalue weighted by Gasteiger charge is -2.15. The van der Waals surface area contributed by atoms with Crippen molar-refractivity contribution in [1.29, 1.82) is 0 Å². The molecule has 0 aliphatic carbocycles. The van der Waals surface area contributed by atoms with Crippen LogP contribution in [0.25, 0.3) is 10.9 Å². The quantitative estimate of drug-likeness (QED) is 0.919. The fourth-order valence-corrected chi connectivity index (χ4v) is 3.42. The normalized spacial score (nSPS) is 19.4. The first kappa shape index (κ1) is 14.1. The van der Waals surface area contributed by atoms with Gasteiger partial charge in [-0.3, -0.25) is 9.69 Å². The van der Waals surface area contributed by atoms with Gasteiger partial charge in [-0.15, -0.1) is 0 Å². The SMILES string of the molecule is CCn1cc(CN2CCC(CC(=O)O)C2)c2ccccc21. The zero-order chi connectivity index (χ0) is 14.8. The molecule has 21 heavy (non-hydrogen) atoms. The Labute approximate surface area is 125 Å². The number of benzene rings is 1. The van der Waals surface area contributed by atoms with E-state index in [-0.39, 0.29) is 0 Å². The maximum Gasteiger partial charge on any atom is 0.303 e. The zero-order valence-electron chi connectivity index (χ0n) is 12.5. The van der Waals surface area contributed by atoms with Crippen LogP contribution in [-0.2, 0) is 17.9 Å². The molecule has 0 spiro atoms. The number of hydrogen-bond donors (Lipinski definition) is 1. The van der Waals surface area contributed by atoms with E-state index in [0.29, 0.717) is 12.3 Å². The van der Waals surface area contributed by atoms with Crippen molar-refractivity contribution < 1.29 is 9.90 Å². The van der Waals surface area contributed by atoms with Crippen LogP contribution in [0.5, 0.6) is 0 Å². The van der Waals surface area contributed by atoms with Gasteiger partial charge in [-0.2, -0.15) is 0 Å². The molecule has 0 radical (unpaired) electrons. The third-order valence-corrected chi connectivity index (χ3v) is 4.44. The summed E-state index contributed by atoms with van der Waals surface area (Å²) in [4.78, 5) is 13.2. The third-order valence-electron chi connectivity index (χ3n) is 4.44. The van der Waals surface area contributed by atoms with Crippen LogP contribution in [0.15, 0.2) is 30.5 Å². The van der Waals surface area contributed by atoms with Crippen molar-refractivity contribution in [3.8, 4) is 0 Å². The van der Waals surface area contributed by atoms with Crippen LogP contribution in [-0.4, -0.2) is 33.6 Å². The van der Waals surface area contributed by atoms with Gasteiger partial charge in [-0.1, -0.05) is 18.2 Å². The van der Waals surface area contributed by atoms with E-state index in [0.717, 1.165) is 32.6 Å². The number of nitrogens with zero attached hydrogens (tertiary/aromatic N) is 2. The minimum atomic E-state index is -0.676. The predicted molar refractivity (Wildman–Crippen MR) is 83.2 cm³/mol. The highest BCUT2D eigenvalue weighted by Crippen LogP contribution is 2.26. The molecule has 2 aromatic rings. The molecular formula is C17H22N2O2. The van der Waals surface area contributed by atoms with Crippen molar-refractivity contribution in [2.75, 3.05) is 13.1 Å². The number of fused-ring (bicyclic) bond motifs is 1. The second-order valence-electron chi connectivity index (χ2n) is 5.95. The lowest BCUT2D eigenvalue weighted by atomic mass is 10.1. The largest absolute Gasteiger partial charge is 0.481 e. The average molecular weight is 286 g/mol. The zero-order valence-corrected chi connectivity index (χ0v) is 12.5. The van der Waals surface area contributed by atoms with Gasteiger partial charge < -0.3 is 9.67 Å². The predicted octanol–water partition coefficient (Wildman–Crippen LogP) is 2.96. The summed E-state index contributed by atoms with van der Waals surface area (Å²) >= 11 is 0. The van der Waals surface area contributed by atoms with Crippen molar-refractivity contribution in [3.63, 3.8) is 0 Å². The molecule has 1 aromatic carbocycles. The van der Waals surface area contributed by atoms with Gasteiger partial charge in [0.25, 0.3) is 0 Å². The minimum absolute atomic E-state index is 0.299. The Bertz CT molecular complexity index is 647. The molecule has 2 heterocycles. The summed E-state index contributed by atoms with van der Waals surface area (Å²) in [5.74, 6) is -0.369. The van der Waals surface area contributed by atoms with Gasteiger partial charge in [0.05, 0.1) is 0 Å². The van der Waals surface area contributed by atoms with Gasteiger partial charge in [0, 0.05) is 43.2 Å². The molecule has 4 heteroatoms. The first-order chi connectivity index (χ1) is 10.2. The summed E-state index contributed by atoms with van der Waals surface area (Å²) in [5.41, 5.74) is 2.64. The Morgan fingerprint density at radius 1 is 1.38 bits per heavy atom. The number of aliphatic carboxylic acids is 1. The highest BCUT2D eigenvalue weighted by Gasteiger charge is 2.25. The summed E-state index contributed by atoms with van der Waals surface area (Å²) < 4.78 is 2.29. The fourth-order valence-electron chi connectivity index (χ4n) is 3.42. The topological polar surface area (TPSA) is 45.5 Å². The summed E-state index contributed by atoms with van der Waals surface area (Å²) in [6, 6.07) is 8.52. The van der Waals surface area contributed by atoms with Crippen molar-refractivity contribution in [2.24, 2.45) is 5.92 Å². The summed E-state index contributed by atoms with van der Waals surface area (Å²) in [6.45, 7) is 5.96. The molecule has 3 rings (SSSR count). The number of carboxylic acid groups (broad SMARTS) is 1. The number of carbonyl (C=O) groups is 1. The van der Waals surface area contributed by atoms with Crippen molar-refractivity contribution in [3.05, 3.63) is 36.0 Å². The molecule has 1 N–H and O–H groups in total. The molecular weight excluding hydrogens is 264 g/mol. The van der Waals surface area contributed by atoms with Gasteiger partial charge in [0.2, 0.25) is 0 Å². The number of aryl methyl sites for hydroxylation is 1.